The van der Waals surface area contributed by atoms with Gasteiger partial charge in [0.1, 0.15) is 18.0 Å². The van der Waals surface area contributed by atoms with E-state index < -0.39 is 0 Å². The Kier molecular flexibility index (Phi) is 3.79. The Bertz CT molecular complexity index is 753. The van der Waals surface area contributed by atoms with Crippen LogP contribution in [0.1, 0.15) is 38.5 Å². The van der Waals surface area contributed by atoms with E-state index in [1.165, 1.54) is 24.9 Å². The average molecular weight is 325 g/mol. The molecule has 2 heterocycles. The van der Waals surface area contributed by atoms with Gasteiger partial charge in [-0.15, -0.1) is 0 Å². The molecule has 124 valence electrons. The summed E-state index contributed by atoms with van der Waals surface area (Å²) in [6.45, 7) is 0.721. The quantitative estimate of drug-likeness (QED) is 0.839. The second-order valence-electron chi connectivity index (χ2n) is 6.82. The lowest BCUT2D eigenvalue weighted by Crippen LogP contribution is -2.36. The first-order chi connectivity index (χ1) is 11.7. The van der Waals surface area contributed by atoms with Gasteiger partial charge in [-0.25, -0.2) is 14.4 Å². The van der Waals surface area contributed by atoms with E-state index in [0.717, 1.165) is 44.2 Å². The number of hydrogen-bond acceptors (Lipinski definition) is 3. The number of halogens is 1. The van der Waals surface area contributed by atoms with Gasteiger partial charge >= 0.3 is 0 Å². The van der Waals surface area contributed by atoms with Crippen LogP contribution < -0.4 is 4.90 Å². The topological polar surface area (TPSA) is 46.1 Å². The maximum absolute atomic E-state index is 13.1. The summed E-state index contributed by atoms with van der Waals surface area (Å²) >= 11 is 0. The molecule has 1 aliphatic heterocycles. The molecule has 0 unspecified atom stereocenters. The Morgan fingerprint density at radius 3 is 2.50 bits per heavy atom. The van der Waals surface area contributed by atoms with Crippen LogP contribution in [0.15, 0.2) is 36.7 Å². The summed E-state index contributed by atoms with van der Waals surface area (Å²) in [5.74, 6) is 0.588. The van der Waals surface area contributed by atoms with E-state index in [9.17, 15) is 9.18 Å². The third-order valence-electron chi connectivity index (χ3n) is 5.39. The Hall–Kier alpha value is -2.30. The number of amides is 1. The minimum absolute atomic E-state index is 0.167. The van der Waals surface area contributed by atoms with Crippen molar-refractivity contribution >= 4 is 11.7 Å². The first-order valence-corrected chi connectivity index (χ1v) is 8.58. The van der Waals surface area contributed by atoms with E-state index in [1.807, 2.05) is 6.07 Å². The SMILES string of the molecule is O=C1N(c2cc(-c3ccc(F)cc3)ncn2)CCC12CCCCC2. The molecule has 2 aliphatic rings. The Labute approximate surface area is 140 Å². The van der Waals surface area contributed by atoms with E-state index in [4.69, 9.17) is 0 Å². The summed E-state index contributed by atoms with van der Waals surface area (Å²) in [4.78, 5) is 23.4. The van der Waals surface area contributed by atoms with Crippen LogP contribution in [0.4, 0.5) is 10.2 Å². The van der Waals surface area contributed by atoms with Gasteiger partial charge in [0, 0.05) is 18.2 Å². The van der Waals surface area contributed by atoms with Crippen LogP contribution in [0.2, 0.25) is 0 Å². The molecule has 1 aromatic carbocycles. The molecule has 1 aliphatic carbocycles. The lowest BCUT2D eigenvalue weighted by molar-refractivity contribution is -0.127. The highest BCUT2D eigenvalue weighted by Crippen LogP contribution is 2.45. The molecule has 1 saturated heterocycles. The molecule has 1 spiro atoms. The average Bonchev–Trinajstić information content (AvgIpc) is 2.93. The van der Waals surface area contributed by atoms with Crippen LogP contribution >= 0.6 is 0 Å². The van der Waals surface area contributed by atoms with Crippen molar-refractivity contribution in [3.05, 3.63) is 42.5 Å². The second kappa shape index (κ2) is 5.96. The number of aromatic nitrogens is 2. The largest absolute Gasteiger partial charge is 0.296 e. The molecule has 2 aromatic rings. The van der Waals surface area contributed by atoms with Crippen LogP contribution in [0.3, 0.4) is 0 Å². The third-order valence-corrected chi connectivity index (χ3v) is 5.39. The van der Waals surface area contributed by atoms with Gasteiger partial charge in [-0.1, -0.05) is 19.3 Å². The Morgan fingerprint density at radius 1 is 1.00 bits per heavy atom. The molecule has 5 heteroatoms. The molecule has 1 amide bonds. The molecule has 24 heavy (non-hydrogen) atoms. The van der Waals surface area contributed by atoms with Gasteiger partial charge in [0.15, 0.2) is 0 Å². The van der Waals surface area contributed by atoms with Gasteiger partial charge in [0.2, 0.25) is 5.91 Å². The van der Waals surface area contributed by atoms with Crippen molar-refractivity contribution in [1.82, 2.24) is 9.97 Å². The van der Waals surface area contributed by atoms with Gasteiger partial charge in [-0.3, -0.25) is 9.69 Å². The summed E-state index contributed by atoms with van der Waals surface area (Å²) in [5.41, 5.74) is 1.36. The number of nitrogens with zero attached hydrogens (tertiary/aromatic N) is 3. The highest BCUT2D eigenvalue weighted by atomic mass is 19.1. The first-order valence-electron chi connectivity index (χ1n) is 8.58. The zero-order valence-electron chi connectivity index (χ0n) is 13.5. The molecule has 1 saturated carbocycles. The molecular formula is C19H20FN3O. The molecular weight excluding hydrogens is 305 g/mol. The lowest BCUT2D eigenvalue weighted by Gasteiger charge is -2.31. The number of benzene rings is 1. The minimum Gasteiger partial charge on any atom is -0.296 e. The standard InChI is InChI=1S/C19H20FN3O/c20-15-6-4-14(5-7-15)16-12-17(22-13-21-16)23-11-10-19(18(23)24)8-2-1-3-9-19/h4-7,12-13H,1-3,8-11H2. The first kappa shape index (κ1) is 15.2. The van der Waals surface area contributed by atoms with Crippen molar-refractivity contribution in [3.8, 4) is 11.3 Å². The number of rotatable bonds is 2. The van der Waals surface area contributed by atoms with E-state index in [0.29, 0.717) is 11.5 Å². The van der Waals surface area contributed by atoms with Crippen LogP contribution in [0.25, 0.3) is 11.3 Å². The molecule has 4 rings (SSSR count). The fourth-order valence-electron chi connectivity index (χ4n) is 4.00. The number of carbonyl (C=O) groups excluding carboxylic acids is 1. The van der Waals surface area contributed by atoms with Crippen molar-refractivity contribution < 1.29 is 9.18 Å². The van der Waals surface area contributed by atoms with Crippen molar-refractivity contribution in [2.45, 2.75) is 38.5 Å². The normalized spacial score (nSPS) is 19.9. The predicted octanol–water partition coefficient (Wildman–Crippen LogP) is 3.97. The summed E-state index contributed by atoms with van der Waals surface area (Å²) in [5, 5.41) is 0. The Balaban J connectivity index is 1.62. The highest BCUT2D eigenvalue weighted by Gasteiger charge is 2.47. The summed E-state index contributed by atoms with van der Waals surface area (Å²) < 4.78 is 13.1. The number of carbonyl (C=O) groups is 1. The van der Waals surface area contributed by atoms with Crippen molar-refractivity contribution in [3.63, 3.8) is 0 Å². The van der Waals surface area contributed by atoms with Crippen molar-refractivity contribution in [2.24, 2.45) is 5.41 Å². The van der Waals surface area contributed by atoms with Crippen LogP contribution in [-0.2, 0) is 4.79 Å². The van der Waals surface area contributed by atoms with Gasteiger partial charge < -0.3 is 0 Å². The molecule has 2 fully saturated rings. The van der Waals surface area contributed by atoms with Crippen LogP contribution in [0, 0.1) is 11.2 Å². The maximum Gasteiger partial charge on any atom is 0.234 e. The Morgan fingerprint density at radius 2 is 1.75 bits per heavy atom. The smallest absolute Gasteiger partial charge is 0.234 e. The van der Waals surface area contributed by atoms with E-state index in [2.05, 4.69) is 9.97 Å². The molecule has 0 radical (unpaired) electrons. The van der Waals surface area contributed by atoms with Gasteiger partial charge in [0.25, 0.3) is 0 Å². The zero-order valence-corrected chi connectivity index (χ0v) is 13.5. The second-order valence-corrected chi connectivity index (χ2v) is 6.82. The van der Waals surface area contributed by atoms with Gasteiger partial charge in [-0.05, 0) is 43.5 Å². The van der Waals surface area contributed by atoms with Crippen molar-refractivity contribution in [2.75, 3.05) is 11.4 Å². The monoisotopic (exact) mass is 325 g/mol. The summed E-state index contributed by atoms with van der Waals surface area (Å²) in [7, 11) is 0. The summed E-state index contributed by atoms with van der Waals surface area (Å²) in [6.07, 6.45) is 7.91. The van der Waals surface area contributed by atoms with Gasteiger partial charge in [-0.2, -0.15) is 0 Å². The van der Waals surface area contributed by atoms with E-state index in [-0.39, 0.29) is 17.1 Å². The van der Waals surface area contributed by atoms with E-state index in [1.54, 1.807) is 17.0 Å². The number of hydrogen-bond donors (Lipinski definition) is 0. The van der Waals surface area contributed by atoms with Crippen molar-refractivity contribution in [1.29, 1.82) is 0 Å². The van der Waals surface area contributed by atoms with Gasteiger partial charge in [0.05, 0.1) is 11.1 Å². The predicted molar refractivity (Wildman–Crippen MR) is 89.9 cm³/mol. The van der Waals surface area contributed by atoms with Crippen LogP contribution in [0.5, 0.6) is 0 Å². The molecule has 0 atom stereocenters. The zero-order chi connectivity index (χ0) is 16.6. The van der Waals surface area contributed by atoms with E-state index >= 15 is 0 Å². The molecule has 4 nitrogen and oxygen atoms in total. The molecule has 1 aromatic heterocycles. The van der Waals surface area contributed by atoms with Crippen LogP contribution in [-0.4, -0.2) is 22.4 Å². The lowest BCUT2D eigenvalue weighted by atomic mass is 9.73. The maximum atomic E-state index is 13.1. The third kappa shape index (κ3) is 2.58. The number of anilines is 1. The highest BCUT2D eigenvalue weighted by molar-refractivity contribution is 5.99. The minimum atomic E-state index is -0.276. The summed E-state index contributed by atoms with van der Waals surface area (Å²) in [6, 6.07) is 8.03. The molecule has 0 N–H and O–H groups in total. The fourth-order valence-corrected chi connectivity index (χ4v) is 4.00. The fraction of sp³-hybridized carbons (Fsp3) is 0.421. The molecule has 0 bridgehead atoms.